The summed E-state index contributed by atoms with van der Waals surface area (Å²) < 4.78 is 5.84. The van der Waals surface area contributed by atoms with Crippen LogP contribution in [0.15, 0.2) is 71.9 Å². The number of aliphatic imine (C=N–C) groups is 1. The van der Waals surface area contributed by atoms with Crippen molar-refractivity contribution < 1.29 is 14.3 Å². The first-order valence-corrected chi connectivity index (χ1v) is 11.0. The summed E-state index contributed by atoms with van der Waals surface area (Å²) in [6, 6.07) is 17.3. The number of hydrogen-bond donors (Lipinski definition) is 1. The quantitative estimate of drug-likeness (QED) is 0.288. The van der Waals surface area contributed by atoms with Crippen LogP contribution in [0, 0.1) is 6.92 Å². The van der Waals surface area contributed by atoms with E-state index in [4.69, 9.17) is 16.3 Å². The number of carbonyl (C=O) groups excluding carboxylic acids is 2. The summed E-state index contributed by atoms with van der Waals surface area (Å²) in [5, 5.41) is 3.32. The van der Waals surface area contributed by atoms with Crippen molar-refractivity contribution in [2.24, 2.45) is 4.99 Å². The van der Waals surface area contributed by atoms with Crippen LogP contribution in [-0.4, -0.2) is 46.8 Å². The summed E-state index contributed by atoms with van der Waals surface area (Å²) in [5.74, 6) is 1.40. The third kappa shape index (κ3) is 7.05. The molecule has 0 aliphatic heterocycles. The molecule has 0 aliphatic carbocycles. The molecule has 0 saturated carbocycles. The second-order valence-corrected chi connectivity index (χ2v) is 7.90. The predicted octanol–water partition coefficient (Wildman–Crippen LogP) is 5.14. The summed E-state index contributed by atoms with van der Waals surface area (Å²) in [7, 11) is 1.66. The molecule has 0 aliphatic rings. The van der Waals surface area contributed by atoms with Crippen molar-refractivity contribution in [3.8, 4) is 11.5 Å². The minimum atomic E-state index is -0.378. The highest BCUT2D eigenvalue weighted by molar-refractivity contribution is 6.30. The number of rotatable bonds is 7. The molecule has 176 valence electrons. The van der Waals surface area contributed by atoms with E-state index < -0.39 is 0 Å². The van der Waals surface area contributed by atoms with Gasteiger partial charge in [-0.15, -0.1) is 0 Å². The number of benzene rings is 2. The molecule has 0 fully saturated rings. The molecular formula is C25H26ClN5O3. The van der Waals surface area contributed by atoms with Gasteiger partial charge in [0.2, 0.25) is 12.4 Å². The van der Waals surface area contributed by atoms with Crippen molar-refractivity contribution in [2.45, 2.75) is 20.4 Å². The van der Waals surface area contributed by atoms with Crippen molar-refractivity contribution in [3.05, 3.63) is 83.1 Å². The maximum atomic E-state index is 12.5. The van der Waals surface area contributed by atoms with Crippen molar-refractivity contribution in [1.82, 2.24) is 20.1 Å². The Kier molecular flexibility index (Phi) is 8.59. The van der Waals surface area contributed by atoms with Gasteiger partial charge in [-0.25, -0.2) is 9.79 Å². The molecule has 1 aromatic heterocycles. The van der Waals surface area contributed by atoms with Gasteiger partial charge in [-0.3, -0.25) is 20.0 Å². The molecule has 0 saturated heterocycles. The van der Waals surface area contributed by atoms with Gasteiger partial charge in [0, 0.05) is 36.6 Å². The number of halogens is 1. The average Bonchev–Trinajstić information content (AvgIpc) is 2.84. The molecule has 0 bridgehead atoms. The minimum absolute atomic E-state index is 0.105. The highest BCUT2D eigenvalue weighted by Crippen LogP contribution is 2.24. The van der Waals surface area contributed by atoms with Gasteiger partial charge < -0.3 is 9.64 Å². The van der Waals surface area contributed by atoms with Crippen LogP contribution in [0.1, 0.15) is 18.2 Å². The number of nitrogens with one attached hydrogen (secondary N) is 1. The smallest absolute Gasteiger partial charge is 0.323 e. The lowest BCUT2D eigenvalue weighted by Gasteiger charge is -2.23. The summed E-state index contributed by atoms with van der Waals surface area (Å²) in [6.07, 6.45) is 2.31. The van der Waals surface area contributed by atoms with E-state index in [1.165, 1.54) is 9.80 Å². The monoisotopic (exact) mass is 479 g/mol. The Morgan fingerprint density at radius 1 is 1.12 bits per heavy atom. The molecule has 9 heteroatoms. The van der Waals surface area contributed by atoms with Crippen LogP contribution in [0.5, 0.6) is 11.5 Å². The van der Waals surface area contributed by atoms with Crippen LogP contribution in [0.25, 0.3) is 0 Å². The number of ether oxygens (including phenoxy) is 1. The van der Waals surface area contributed by atoms with Crippen LogP contribution in [0.2, 0.25) is 5.02 Å². The highest BCUT2D eigenvalue weighted by Gasteiger charge is 2.17. The van der Waals surface area contributed by atoms with Crippen LogP contribution in [0.3, 0.4) is 0 Å². The first-order chi connectivity index (χ1) is 16.4. The lowest BCUT2D eigenvalue weighted by atomic mass is 10.2. The number of guanidine groups is 1. The van der Waals surface area contributed by atoms with E-state index in [0.29, 0.717) is 35.2 Å². The van der Waals surface area contributed by atoms with Crippen LogP contribution >= 0.6 is 11.6 Å². The van der Waals surface area contributed by atoms with E-state index in [-0.39, 0.29) is 18.5 Å². The molecule has 1 N–H and O–H groups in total. The van der Waals surface area contributed by atoms with Crippen LogP contribution in [0.4, 0.5) is 10.5 Å². The Hall–Kier alpha value is -3.91. The molecule has 0 unspecified atom stereocenters. The van der Waals surface area contributed by atoms with Crippen molar-refractivity contribution in [2.75, 3.05) is 13.6 Å². The van der Waals surface area contributed by atoms with Gasteiger partial charge in [0.15, 0.2) is 0 Å². The van der Waals surface area contributed by atoms with Crippen molar-refractivity contribution in [1.29, 1.82) is 0 Å². The summed E-state index contributed by atoms with van der Waals surface area (Å²) >= 11 is 5.96. The fourth-order valence-electron chi connectivity index (χ4n) is 2.88. The Morgan fingerprint density at radius 3 is 2.44 bits per heavy atom. The molecule has 0 radical (unpaired) electrons. The third-order valence-corrected chi connectivity index (χ3v) is 5.13. The summed E-state index contributed by atoms with van der Waals surface area (Å²) in [5.41, 5.74) is 2.22. The van der Waals surface area contributed by atoms with Gasteiger partial charge in [-0.2, -0.15) is 0 Å². The second kappa shape index (κ2) is 11.8. The lowest BCUT2D eigenvalue weighted by Crippen LogP contribution is -2.47. The molecule has 0 spiro atoms. The van der Waals surface area contributed by atoms with E-state index in [1.807, 2.05) is 32.0 Å². The highest BCUT2D eigenvalue weighted by atomic mass is 35.5. The van der Waals surface area contributed by atoms with E-state index in [0.717, 1.165) is 11.3 Å². The van der Waals surface area contributed by atoms with Gasteiger partial charge in [-0.05, 0) is 61.9 Å². The summed E-state index contributed by atoms with van der Waals surface area (Å²) in [6.45, 7) is 4.44. The normalized spacial score (nSPS) is 11.0. The number of nitrogens with zero attached hydrogens (tertiary/aromatic N) is 4. The number of pyridine rings is 1. The molecule has 3 amide bonds. The minimum Gasteiger partial charge on any atom is -0.457 e. The zero-order chi connectivity index (χ0) is 24.5. The van der Waals surface area contributed by atoms with Crippen molar-refractivity contribution in [3.63, 3.8) is 0 Å². The van der Waals surface area contributed by atoms with Crippen LogP contribution < -0.4 is 10.1 Å². The number of carbonyl (C=O) groups is 2. The van der Waals surface area contributed by atoms with E-state index >= 15 is 0 Å². The first kappa shape index (κ1) is 24.7. The van der Waals surface area contributed by atoms with E-state index in [9.17, 15) is 9.59 Å². The molecule has 3 aromatic rings. The predicted molar refractivity (Wildman–Crippen MR) is 132 cm³/mol. The largest absolute Gasteiger partial charge is 0.457 e. The topological polar surface area (TPSA) is 87.1 Å². The van der Waals surface area contributed by atoms with Gasteiger partial charge in [0.25, 0.3) is 0 Å². The second-order valence-electron chi connectivity index (χ2n) is 7.47. The Morgan fingerprint density at radius 2 is 1.82 bits per heavy atom. The first-order valence-electron chi connectivity index (χ1n) is 10.7. The molecular weight excluding hydrogens is 454 g/mol. The molecule has 8 nitrogen and oxygen atoms in total. The number of aromatic nitrogens is 1. The van der Waals surface area contributed by atoms with Gasteiger partial charge >= 0.3 is 6.03 Å². The molecule has 3 rings (SSSR count). The lowest BCUT2D eigenvalue weighted by molar-refractivity contribution is -0.115. The maximum Gasteiger partial charge on any atom is 0.323 e. The van der Waals surface area contributed by atoms with Crippen molar-refractivity contribution >= 4 is 35.7 Å². The Bertz CT molecular complexity index is 1150. The van der Waals surface area contributed by atoms with E-state index in [2.05, 4.69) is 15.3 Å². The number of amides is 3. The van der Waals surface area contributed by atoms with E-state index in [1.54, 1.807) is 55.7 Å². The number of hydrogen-bond acceptors (Lipinski definition) is 5. The fraction of sp³-hybridized carbons (Fsp3) is 0.200. The van der Waals surface area contributed by atoms with Gasteiger partial charge in [-0.1, -0.05) is 23.7 Å². The standard InChI is InChI=1S/C25H26ClN5O3/c1-4-30(3)25(33)29-24(31(17-32)16-19-5-7-20(26)8-6-19)28-21-9-11-22(12-10-21)34-23-13-14-27-18(2)15-23/h5-15,17H,4,16H2,1-3H3,(H,28,29,33). The fourth-order valence-corrected chi connectivity index (χ4v) is 3.00. The number of aryl methyl sites for hydroxylation is 1. The maximum absolute atomic E-state index is 12.5. The molecule has 0 atom stereocenters. The third-order valence-electron chi connectivity index (χ3n) is 4.88. The van der Waals surface area contributed by atoms with Gasteiger partial charge in [0.1, 0.15) is 11.5 Å². The summed E-state index contributed by atoms with van der Waals surface area (Å²) in [4.78, 5) is 36.0. The molecule has 1 heterocycles. The zero-order valence-corrected chi connectivity index (χ0v) is 20.0. The Labute approximate surface area is 203 Å². The van der Waals surface area contributed by atoms with Gasteiger partial charge in [0.05, 0.1) is 12.2 Å². The Balaban J connectivity index is 1.84. The molecule has 34 heavy (non-hydrogen) atoms. The average molecular weight is 480 g/mol. The van der Waals surface area contributed by atoms with Crippen LogP contribution in [-0.2, 0) is 11.3 Å². The SMILES string of the molecule is CCN(C)C(=O)NC(=Nc1ccc(Oc2ccnc(C)c2)cc1)N(C=O)Cc1ccc(Cl)cc1. The zero-order valence-electron chi connectivity index (χ0n) is 19.2. The number of urea groups is 1. The molecule has 2 aromatic carbocycles.